The van der Waals surface area contributed by atoms with E-state index < -0.39 is 0 Å². The first-order valence-electron chi connectivity index (χ1n) is 8.61. The van der Waals surface area contributed by atoms with Crippen molar-refractivity contribution in [2.45, 2.75) is 26.9 Å². The van der Waals surface area contributed by atoms with Gasteiger partial charge in [-0.1, -0.05) is 42.4 Å². The van der Waals surface area contributed by atoms with E-state index in [1.54, 1.807) is 6.92 Å². The van der Waals surface area contributed by atoms with Gasteiger partial charge in [0.05, 0.1) is 6.54 Å². The Kier molecular flexibility index (Phi) is 5.76. The molecule has 1 aromatic heterocycles. The van der Waals surface area contributed by atoms with Gasteiger partial charge in [-0.05, 0) is 43.3 Å². The quantitative estimate of drug-likeness (QED) is 0.704. The fourth-order valence-electron chi connectivity index (χ4n) is 2.67. The van der Waals surface area contributed by atoms with Crippen molar-refractivity contribution in [1.82, 2.24) is 15.0 Å². The Morgan fingerprint density at radius 1 is 1.12 bits per heavy atom. The van der Waals surface area contributed by atoms with Crippen LogP contribution in [0.2, 0.25) is 0 Å². The van der Waals surface area contributed by atoms with E-state index in [2.05, 4.69) is 27.3 Å². The monoisotopic (exact) mass is 350 g/mol. The van der Waals surface area contributed by atoms with Gasteiger partial charge in [-0.3, -0.25) is 9.69 Å². The molecule has 6 nitrogen and oxygen atoms in total. The topological polar surface area (TPSA) is 71.3 Å². The lowest BCUT2D eigenvalue weighted by Gasteiger charge is -2.18. The number of para-hydroxylation sites is 1. The minimum Gasteiger partial charge on any atom is -0.338 e. The molecule has 0 spiro atoms. The predicted molar refractivity (Wildman–Crippen MR) is 99.7 cm³/mol. The summed E-state index contributed by atoms with van der Waals surface area (Å²) >= 11 is 0. The van der Waals surface area contributed by atoms with Crippen LogP contribution in [0.4, 0.5) is 5.69 Å². The highest BCUT2D eigenvalue weighted by atomic mass is 16.5. The minimum atomic E-state index is -0.117. The summed E-state index contributed by atoms with van der Waals surface area (Å²) in [5, 5.41) is 6.73. The third kappa shape index (κ3) is 4.77. The molecule has 6 heteroatoms. The molecular weight excluding hydrogens is 328 g/mol. The van der Waals surface area contributed by atoms with Gasteiger partial charge in [0.1, 0.15) is 0 Å². The maximum absolute atomic E-state index is 12.5. The molecule has 134 valence electrons. The average molecular weight is 350 g/mol. The normalized spacial score (nSPS) is 10.9. The molecule has 2 aromatic carbocycles. The molecule has 1 amide bonds. The second kappa shape index (κ2) is 8.40. The number of rotatable bonds is 7. The number of anilines is 1. The van der Waals surface area contributed by atoms with Gasteiger partial charge in [-0.15, -0.1) is 0 Å². The van der Waals surface area contributed by atoms with Gasteiger partial charge < -0.3 is 9.84 Å². The smallest absolute Gasteiger partial charge is 0.255 e. The highest BCUT2D eigenvalue weighted by molar-refractivity contribution is 6.04. The van der Waals surface area contributed by atoms with Crippen molar-refractivity contribution in [3.05, 3.63) is 77.4 Å². The molecule has 1 heterocycles. The third-order valence-corrected chi connectivity index (χ3v) is 4.00. The SMILES string of the molecule is CCN(Cc1cccc(C(=O)Nc2ccccc2)c1)Cc1nc(C)no1. The van der Waals surface area contributed by atoms with Crippen molar-refractivity contribution >= 4 is 11.6 Å². The molecule has 1 N–H and O–H groups in total. The van der Waals surface area contributed by atoms with Crippen LogP contribution in [0.25, 0.3) is 0 Å². The predicted octanol–water partition coefficient (Wildman–Crippen LogP) is 3.65. The van der Waals surface area contributed by atoms with E-state index >= 15 is 0 Å². The van der Waals surface area contributed by atoms with Gasteiger partial charge in [0.25, 0.3) is 5.91 Å². The van der Waals surface area contributed by atoms with Crippen LogP contribution in [0.3, 0.4) is 0 Å². The molecule has 0 radical (unpaired) electrons. The molecule has 0 bridgehead atoms. The Morgan fingerprint density at radius 2 is 1.92 bits per heavy atom. The number of amides is 1. The lowest BCUT2D eigenvalue weighted by atomic mass is 10.1. The Bertz CT molecular complexity index is 861. The number of aromatic nitrogens is 2. The lowest BCUT2D eigenvalue weighted by molar-refractivity contribution is 0.102. The summed E-state index contributed by atoms with van der Waals surface area (Å²) in [6.07, 6.45) is 0. The summed E-state index contributed by atoms with van der Waals surface area (Å²) in [7, 11) is 0. The van der Waals surface area contributed by atoms with Crippen molar-refractivity contribution in [2.75, 3.05) is 11.9 Å². The van der Waals surface area contributed by atoms with Crippen LogP contribution in [0.5, 0.6) is 0 Å². The molecule has 0 saturated carbocycles. The number of nitrogens with one attached hydrogen (secondary N) is 1. The van der Waals surface area contributed by atoms with Crippen LogP contribution in [-0.2, 0) is 13.1 Å². The molecule has 0 unspecified atom stereocenters. The van der Waals surface area contributed by atoms with Crippen molar-refractivity contribution < 1.29 is 9.32 Å². The number of hydrogen-bond donors (Lipinski definition) is 1. The van der Waals surface area contributed by atoms with Gasteiger partial charge in [-0.25, -0.2) is 0 Å². The maximum Gasteiger partial charge on any atom is 0.255 e. The highest BCUT2D eigenvalue weighted by Crippen LogP contribution is 2.13. The van der Waals surface area contributed by atoms with Gasteiger partial charge in [0, 0.05) is 17.8 Å². The average Bonchev–Trinajstić information content (AvgIpc) is 3.07. The van der Waals surface area contributed by atoms with Crippen molar-refractivity contribution in [1.29, 1.82) is 0 Å². The van der Waals surface area contributed by atoms with Crippen LogP contribution in [0, 0.1) is 6.92 Å². The van der Waals surface area contributed by atoms with E-state index in [4.69, 9.17) is 4.52 Å². The summed E-state index contributed by atoms with van der Waals surface area (Å²) in [6, 6.07) is 17.1. The number of nitrogens with zero attached hydrogens (tertiary/aromatic N) is 3. The summed E-state index contributed by atoms with van der Waals surface area (Å²) in [4.78, 5) is 18.9. The van der Waals surface area contributed by atoms with Crippen LogP contribution < -0.4 is 5.32 Å². The van der Waals surface area contributed by atoms with E-state index in [1.807, 2.05) is 54.6 Å². The fourth-order valence-corrected chi connectivity index (χ4v) is 2.67. The molecule has 26 heavy (non-hydrogen) atoms. The Hall–Kier alpha value is -2.99. The first kappa shape index (κ1) is 17.8. The first-order chi connectivity index (χ1) is 12.6. The van der Waals surface area contributed by atoms with Gasteiger partial charge in [0.15, 0.2) is 5.82 Å². The molecule has 0 atom stereocenters. The zero-order valence-corrected chi connectivity index (χ0v) is 15.0. The second-order valence-corrected chi connectivity index (χ2v) is 6.06. The maximum atomic E-state index is 12.5. The van der Waals surface area contributed by atoms with Crippen molar-refractivity contribution in [3.63, 3.8) is 0 Å². The van der Waals surface area contributed by atoms with Gasteiger partial charge in [0.2, 0.25) is 5.89 Å². The summed E-state index contributed by atoms with van der Waals surface area (Å²) in [6.45, 7) is 6.00. The van der Waals surface area contributed by atoms with E-state index in [0.717, 1.165) is 17.8 Å². The molecule has 3 rings (SSSR count). The standard InChI is InChI=1S/C20H22N4O2/c1-3-24(14-19-21-15(2)23-26-19)13-16-8-7-9-17(12-16)20(25)22-18-10-5-4-6-11-18/h4-12H,3,13-14H2,1-2H3,(H,22,25). The number of hydrogen-bond acceptors (Lipinski definition) is 5. The number of aryl methyl sites for hydroxylation is 1. The number of benzene rings is 2. The van der Waals surface area contributed by atoms with Crippen LogP contribution in [-0.4, -0.2) is 27.5 Å². The second-order valence-electron chi connectivity index (χ2n) is 6.06. The Labute approximate surface area is 152 Å². The van der Waals surface area contributed by atoms with Crippen LogP contribution in [0.15, 0.2) is 59.1 Å². The summed E-state index contributed by atoms with van der Waals surface area (Å²) in [5.41, 5.74) is 2.48. The summed E-state index contributed by atoms with van der Waals surface area (Å²) in [5.74, 6) is 1.12. The molecule has 0 aliphatic carbocycles. The molecular formula is C20H22N4O2. The van der Waals surface area contributed by atoms with E-state index in [9.17, 15) is 4.79 Å². The number of carbonyl (C=O) groups excluding carboxylic acids is 1. The Balaban J connectivity index is 1.66. The molecule has 0 fully saturated rings. The largest absolute Gasteiger partial charge is 0.338 e. The van der Waals surface area contributed by atoms with Gasteiger partial charge >= 0.3 is 0 Å². The first-order valence-corrected chi connectivity index (χ1v) is 8.61. The van der Waals surface area contributed by atoms with Crippen LogP contribution >= 0.6 is 0 Å². The van der Waals surface area contributed by atoms with E-state index in [1.165, 1.54) is 0 Å². The number of carbonyl (C=O) groups is 1. The van der Waals surface area contributed by atoms with Crippen molar-refractivity contribution in [2.24, 2.45) is 0 Å². The lowest BCUT2D eigenvalue weighted by Crippen LogP contribution is -2.23. The highest BCUT2D eigenvalue weighted by Gasteiger charge is 2.12. The molecule has 0 aliphatic rings. The van der Waals surface area contributed by atoms with Gasteiger partial charge in [-0.2, -0.15) is 4.98 Å². The van der Waals surface area contributed by atoms with Crippen LogP contribution in [0.1, 0.15) is 34.6 Å². The molecule has 0 aliphatic heterocycles. The summed E-state index contributed by atoms with van der Waals surface area (Å²) < 4.78 is 5.20. The fraction of sp³-hybridized carbons (Fsp3) is 0.250. The Morgan fingerprint density at radius 3 is 2.62 bits per heavy atom. The van der Waals surface area contributed by atoms with E-state index in [-0.39, 0.29) is 5.91 Å². The minimum absolute atomic E-state index is 0.117. The molecule has 3 aromatic rings. The molecule has 0 saturated heterocycles. The van der Waals surface area contributed by atoms with E-state index in [0.29, 0.717) is 30.4 Å². The zero-order valence-electron chi connectivity index (χ0n) is 15.0. The third-order valence-electron chi connectivity index (χ3n) is 4.00. The van der Waals surface area contributed by atoms with Crippen molar-refractivity contribution in [3.8, 4) is 0 Å². The zero-order chi connectivity index (χ0) is 18.4.